The van der Waals surface area contributed by atoms with Crippen LogP contribution in [0, 0.1) is 5.82 Å². The second-order valence-electron chi connectivity index (χ2n) is 7.99. The maximum atomic E-state index is 13.5. The summed E-state index contributed by atoms with van der Waals surface area (Å²) in [5.41, 5.74) is 1.68. The molecule has 3 aromatic rings. The Morgan fingerprint density at radius 2 is 1.61 bits per heavy atom. The first-order chi connectivity index (χ1) is 16.1. The third-order valence-corrected chi connectivity index (χ3v) is 5.66. The van der Waals surface area contributed by atoms with Gasteiger partial charge < -0.3 is 10.1 Å². The second-order valence-corrected chi connectivity index (χ2v) is 7.99. The predicted octanol–water partition coefficient (Wildman–Crippen LogP) is 5.38. The first-order valence-electron chi connectivity index (χ1n) is 11.3. The minimum Gasteiger partial charge on any atom is -0.381 e. The SMILES string of the molecule is CCCCOCCCN1C(=O)C(Nc2cccc3ccccc23)=C(c2ccc(F)cc2)C1=O. The molecule has 170 valence electrons. The van der Waals surface area contributed by atoms with E-state index in [-0.39, 0.29) is 29.6 Å². The molecule has 4 rings (SSSR count). The molecule has 0 spiro atoms. The van der Waals surface area contributed by atoms with Gasteiger partial charge in [0.15, 0.2) is 0 Å². The molecular weight excluding hydrogens is 419 g/mol. The van der Waals surface area contributed by atoms with Crippen molar-refractivity contribution in [1.29, 1.82) is 0 Å². The van der Waals surface area contributed by atoms with E-state index in [0.717, 1.165) is 29.3 Å². The first-order valence-corrected chi connectivity index (χ1v) is 11.3. The molecule has 1 heterocycles. The number of carbonyl (C=O) groups is 2. The van der Waals surface area contributed by atoms with Gasteiger partial charge in [0.2, 0.25) is 0 Å². The van der Waals surface area contributed by atoms with Gasteiger partial charge in [0.25, 0.3) is 11.8 Å². The van der Waals surface area contributed by atoms with E-state index in [9.17, 15) is 14.0 Å². The molecule has 1 aliphatic heterocycles. The van der Waals surface area contributed by atoms with Crippen LogP contribution in [0.4, 0.5) is 10.1 Å². The summed E-state index contributed by atoms with van der Waals surface area (Å²) in [5, 5.41) is 5.17. The number of rotatable bonds is 10. The average molecular weight is 447 g/mol. The molecule has 0 unspecified atom stereocenters. The molecule has 0 saturated heterocycles. The van der Waals surface area contributed by atoms with Crippen molar-refractivity contribution in [2.24, 2.45) is 0 Å². The van der Waals surface area contributed by atoms with Crippen molar-refractivity contribution >= 4 is 33.8 Å². The smallest absolute Gasteiger partial charge is 0.278 e. The minimum absolute atomic E-state index is 0.204. The molecule has 0 fully saturated rings. The second kappa shape index (κ2) is 10.4. The van der Waals surface area contributed by atoms with Crippen molar-refractivity contribution < 1.29 is 18.7 Å². The van der Waals surface area contributed by atoms with Crippen LogP contribution in [0.2, 0.25) is 0 Å². The summed E-state index contributed by atoms with van der Waals surface area (Å²) in [4.78, 5) is 27.9. The van der Waals surface area contributed by atoms with Gasteiger partial charge in [0.05, 0.1) is 5.57 Å². The van der Waals surface area contributed by atoms with Gasteiger partial charge in [-0.15, -0.1) is 0 Å². The third kappa shape index (κ3) is 4.96. The molecule has 0 atom stereocenters. The van der Waals surface area contributed by atoms with E-state index in [4.69, 9.17) is 4.74 Å². The number of nitrogens with zero attached hydrogens (tertiary/aromatic N) is 1. The van der Waals surface area contributed by atoms with E-state index in [2.05, 4.69) is 12.2 Å². The summed E-state index contributed by atoms with van der Waals surface area (Å²) in [7, 11) is 0. The van der Waals surface area contributed by atoms with Crippen molar-refractivity contribution in [1.82, 2.24) is 4.90 Å². The highest BCUT2D eigenvalue weighted by Crippen LogP contribution is 2.33. The number of hydrogen-bond donors (Lipinski definition) is 1. The van der Waals surface area contributed by atoms with Crippen LogP contribution in [0.3, 0.4) is 0 Å². The molecular formula is C27H27FN2O3. The Morgan fingerprint density at radius 1 is 0.879 bits per heavy atom. The van der Waals surface area contributed by atoms with Crippen LogP contribution in [-0.2, 0) is 14.3 Å². The maximum Gasteiger partial charge on any atom is 0.278 e. The van der Waals surface area contributed by atoms with Crippen molar-refractivity contribution in [3.8, 4) is 0 Å². The Hall–Kier alpha value is -3.51. The topological polar surface area (TPSA) is 58.6 Å². The largest absolute Gasteiger partial charge is 0.381 e. The van der Waals surface area contributed by atoms with E-state index < -0.39 is 5.82 Å². The fourth-order valence-corrected chi connectivity index (χ4v) is 3.92. The van der Waals surface area contributed by atoms with Crippen LogP contribution in [-0.4, -0.2) is 36.5 Å². The Bertz CT molecular complexity index is 1180. The van der Waals surface area contributed by atoms with Crippen LogP contribution < -0.4 is 5.32 Å². The molecule has 33 heavy (non-hydrogen) atoms. The van der Waals surface area contributed by atoms with E-state index in [0.29, 0.717) is 25.2 Å². The summed E-state index contributed by atoms with van der Waals surface area (Å²) in [6.07, 6.45) is 2.59. The Kier molecular flexibility index (Phi) is 7.15. The number of unbranched alkanes of at least 4 members (excludes halogenated alkanes) is 1. The molecule has 0 aliphatic carbocycles. The molecule has 0 aromatic heterocycles. The molecule has 1 N–H and O–H groups in total. The van der Waals surface area contributed by atoms with Crippen LogP contribution in [0.1, 0.15) is 31.7 Å². The predicted molar refractivity (Wildman–Crippen MR) is 128 cm³/mol. The third-order valence-electron chi connectivity index (χ3n) is 5.66. The van der Waals surface area contributed by atoms with Crippen molar-refractivity contribution in [3.05, 3.63) is 83.8 Å². The van der Waals surface area contributed by atoms with Crippen LogP contribution in [0.25, 0.3) is 16.3 Å². The number of imide groups is 1. The molecule has 5 nitrogen and oxygen atoms in total. The van der Waals surface area contributed by atoms with Gasteiger partial charge >= 0.3 is 0 Å². The number of benzene rings is 3. The van der Waals surface area contributed by atoms with Crippen LogP contribution in [0.15, 0.2) is 72.4 Å². The fraction of sp³-hybridized carbons (Fsp3) is 0.259. The van der Waals surface area contributed by atoms with Crippen molar-refractivity contribution in [2.45, 2.75) is 26.2 Å². The summed E-state index contributed by atoms with van der Waals surface area (Å²) in [5.74, 6) is -1.18. The molecule has 6 heteroatoms. The highest BCUT2D eigenvalue weighted by atomic mass is 19.1. The maximum absolute atomic E-state index is 13.5. The van der Waals surface area contributed by atoms with Gasteiger partial charge in [-0.3, -0.25) is 14.5 Å². The number of halogens is 1. The monoisotopic (exact) mass is 446 g/mol. The van der Waals surface area contributed by atoms with E-state index in [1.807, 2.05) is 42.5 Å². The Balaban J connectivity index is 1.63. The number of anilines is 1. The highest BCUT2D eigenvalue weighted by molar-refractivity contribution is 6.36. The van der Waals surface area contributed by atoms with Gasteiger partial charge in [0, 0.05) is 30.8 Å². The average Bonchev–Trinajstić information content (AvgIpc) is 3.06. The van der Waals surface area contributed by atoms with Crippen LogP contribution >= 0.6 is 0 Å². The lowest BCUT2D eigenvalue weighted by atomic mass is 10.0. The number of ether oxygens (including phenoxy) is 1. The van der Waals surface area contributed by atoms with Gasteiger partial charge in [0.1, 0.15) is 11.5 Å². The van der Waals surface area contributed by atoms with Crippen LogP contribution in [0.5, 0.6) is 0 Å². The summed E-state index contributed by atoms with van der Waals surface area (Å²) in [6.45, 7) is 3.51. The number of fused-ring (bicyclic) bond motifs is 1. The van der Waals surface area contributed by atoms with Gasteiger partial charge in [-0.05, 0) is 42.0 Å². The van der Waals surface area contributed by atoms with Gasteiger partial charge in [-0.1, -0.05) is 61.9 Å². The molecule has 3 aromatic carbocycles. The summed E-state index contributed by atoms with van der Waals surface area (Å²) < 4.78 is 19.1. The molecule has 1 aliphatic rings. The standard InChI is InChI=1S/C27H27FN2O3/c1-2-3-17-33-18-7-16-30-26(31)24(20-12-14-21(28)15-13-20)25(27(30)32)29-23-11-6-9-19-8-4-5-10-22(19)23/h4-6,8-15,29H,2-3,7,16-18H2,1H3. The highest BCUT2D eigenvalue weighted by Gasteiger charge is 2.39. The lowest BCUT2D eigenvalue weighted by Gasteiger charge is -2.15. The lowest BCUT2D eigenvalue weighted by Crippen LogP contribution is -2.34. The zero-order valence-electron chi connectivity index (χ0n) is 18.6. The number of hydrogen-bond acceptors (Lipinski definition) is 4. The van der Waals surface area contributed by atoms with Crippen molar-refractivity contribution in [3.63, 3.8) is 0 Å². The van der Waals surface area contributed by atoms with E-state index in [1.54, 1.807) is 0 Å². The molecule has 2 amide bonds. The van der Waals surface area contributed by atoms with E-state index in [1.165, 1.54) is 29.2 Å². The zero-order chi connectivity index (χ0) is 23.2. The molecule has 0 bridgehead atoms. The Labute approximate surface area is 192 Å². The number of nitrogens with one attached hydrogen (secondary N) is 1. The van der Waals surface area contributed by atoms with Gasteiger partial charge in [-0.25, -0.2) is 4.39 Å². The first kappa shape index (κ1) is 22.7. The quantitative estimate of drug-likeness (QED) is 0.336. The summed E-state index contributed by atoms with van der Waals surface area (Å²) >= 11 is 0. The van der Waals surface area contributed by atoms with Crippen molar-refractivity contribution in [2.75, 3.05) is 25.1 Å². The Morgan fingerprint density at radius 3 is 2.39 bits per heavy atom. The number of amides is 2. The number of carbonyl (C=O) groups excluding carboxylic acids is 2. The molecule has 0 saturated carbocycles. The lowest BCUT2D eigenvalue weighted by molar-refractivity contribution is -0.137. The fourth-order valence-electron chi connectivity index (χ4n) is 3.92. The van der Waals surface area contributed by atoms with Gasteiger partial charge in [-0.2, -0.15) is 0 Å². The normalized spacial score (nSPS) is 13.9. The zero-order valence-corrected chi connectivity index (χ0v) is 18.6. The van der Waals surface area contributed by atoms with E-state index >= 15 is 0 Å². The molecule has 0 radical (unpaired) electrons. The summed E-state index contributed by atoms with van der Waals surface area (Å²) in [6, 6.07) is 19.2. The minimum atomic E-state index is -0.402.